The van der Waals surface area contributed by atoms with Gasteiger partial charge in [0.25, 0.3) is 5.91 Å². The molecule has 0 radical (unpaired) electrons. The molecule has 0 spiro atoms. The van der Waals surface area contributed by atoms with Gasteiger partial charge in [0.1, 0.15) is 17.2 Å². The molecule has 3 heterocycles. The van der Waals surface area contributed by atoms with E-state index in [4.69, 9.17) is 0 Å². The molecule has 7 rings (SSSR count). The zero-order valence-corrected chi connectivity index (χ0v) is 21.1. The van der Waals surface area contributed by atoms with Crippen molar-refractivity contribution in [3.8, 4) is 11.4 Å². The second-order valence-corrected chi connectivity index (χ2v) is 11.3. The number of carbonyl (C=O) groups excluding carboxylic acids is 2. The molecule has 0 saturated heterocycles. The number of hydrogen-bond donors (Lipinski definition) is 3. The van der Waals surface area contributed by atoms with Gasteiger partial charge in [-0.05, 0) is 85.9 Å². The Labute approximate surface area is 220 Å². The van der Waals surface area contributed by atoms with E-state index < -0.39 is 0 Å². The maximum absolute atomic E-state index is 13.5. The lowest BCUT2D eigenvalue weighted by atomic mass is 9.69. The number of aromatic amines is 1. The summed E-state index contributed by atoms with van der Waals surface area (Å²) in [5.74, 6) is 3.24. The van der Waals surface area contributed by atoms with E-state index in [-0.39, 0.29) is 17.2 Å². The molecule has 3 saturated carbocycles. The Kier molecular flexibility index (Phi) is 5.49. The van der Waals surface area contributed by atoms with Crippen molar-refractivity contribution in [3.63, 3.8) is 0 Å². The first-order valence-corrected chi connectivity index (χ1v) is 13.5. The number of rotatable bonds is 5. The van der Waals surface area contributed by atoms with Crippen LogP contribution in [0.2, 0.25) is 0 Å². The SMILES string of the molecule is O=C(Nc1ccccn1)c1cnc2[nH]c(-c3ccc(NC(=O)C45CC6CCCC(C4)C(C6)C5)cc3)nc2c1. The van der Waals surface area contributed by atoms with Gasteiger partial charge in [0.15, 0.2) is 5.65 Å². The molecule has 2 amide bonds. The van der Waals surface area contributed by atoms with E-state index in [0.29, 0.717) is 28.4 Å². The van der Waals surface area contributed by atoms with Crippen LogP contribution in [0, 0.1) is 23.2 Å². The maximum atomic E-state index is 13.5. The molecule has 3 aliphatic rings. The largest absolute Gasteiger partial charge is 0.326 e. The number of aromatic nitrogens is 4. The molecule has 1 aromatic carbocycles. The van der Waals surface area contributed by atoms with Crippen molar-refractivity contribution in [2.75, 3.05) is 10.6 Å². The van der Waals surface area contributed by atoms with Gasteiger partial charge in [0, 0.05) is 23.6 Å². The van der Waals surface area contributed by atoms with Crippen molar-refractivity contribution in [1.29, 1.82) is 0 Å². The summed E-state index contributed by atoms with van der Waals surface area (Å²) in [5, 5.41) is 6.00. The fraction of sp³-hybridized carbons (Fsp3) is 0.367. The molecule has 3 N–H and O–H groups in total. The third-order valence-corrected chi connectivity index (χ3v) is 8.88. The minimum atomic E-state index is -0.294. The van der Waals surface area contributed by atoms with Gasteiger partial charge in [-0.3, -0.25) is 9.59 Å². The Bertz CT molecular complexity index is 1510. The zero-order chi connectivity index (χ0) is 25.7. The van der Waals surface area contributed by atoms with Crippen LogP contribution in [0.4, 0.5) is 11.5 Å². The van der Waals surface area contributed by atoms with Crippen LogP contribution in [-0.2, 0) is 4.79 Å². The lowest BCUT2D eigenvalue weighted by Gasteiger charge is -2.36. The summed E-state index contributed by atoms with van der Waals surface area (Å²) < 4.78 is 0. The molecule has 192 valence electrons. The number of nitrogens with one attached hydrogen (secondary N) is 3. The fourth-order valence-electron chi connectivity index (χ4n) is 7.19. The van der Waals surface area contributed by atoms with Gasteiger partial charge in [0.2, 0.25) is 5.91 Å². The van der Waals surface area contributed by atoms with Crippen LogP contribution >= 0.6 is 0 Å². The Morgan fingerprint density at radius 1 is 0.947 bits per heavy atom. The highest BCUT2D eigenvalue weighted by molar-refractivity contribution is 6.05. The molecule has 8 nitrogen and oxygen atoms in total. The molecule has 3 aliphatic carbocycles. The highest BCUT2D eigenvalue weighted by Crippen LogP contribution is 2.60. The lowest BCUT2D eigenvalue weighted by Crippen LogP contribution is -2.38. The van der Waals surface area contributed by atoms with E-state index >= 15 is 0 Å². The number of amides is 2. The fourth-order valence-corrected chi connectivity index (χ4v) is 7.19. The Morgan fingerprint density at radius 3 is 2.66 bits per heavy atom. The van der Waals surface area contributed by atoms with Crippen LogP contribution in [0.3, 0.4) is 0 Å². The van der Waals surface area contributed by atoms with Crippen molar-refractivity contribution >= 4 is 34.5 Å². The van der Waals surface area contributed by atoms with Crippen molar-refractivity contribution < 1.29 is 9.59 Å². The number of benzene rings is 1. The van der Waals surface area contributed by atoms with Crippen molar-refractivity contribution in [2.24, 2.45) is 23.2 Å². The molecule has 4 unspecified atom stereocenters. The topological polar surface area (TPSA) is 113 Å². The van der Waals surface area contributed by atoms with Gasteiger partial charge in [0.05, 0.1) is 11.0 Å². The van der Waals surface area contributed by atoms with E-state index in [9.17, 15) is 9.59 Å². The highest BCUT2D eigenvalue weighted by atomic mass is 16.2. The van der Waals surface area contributed by atoms with Gasteiger partial charge in [-0.2, -0.15) is 0 Å². The van der Waals surface area contributed by atoms with Gasteiger partial charge < -0.3 is 15.6 Å². The molecule has 0 aliphatic heterocycles. The summed E-state index contributed by atoms with van der Waals surface area (Å²) in [7, 11) is 0. The summed E-state index contributed by atoms with van der Waals surface area (Å²) in [6.45, 7) is 0. The third kappa shape index (κ3) is 4.14. The molecular formula is C30H30N6O2. The predicted molar refractivity (Wildman–Crippen MR) is 145 cm³/mol. The molecule has 3 bridgehead atoms. The van der Waals surface area contributed by atoms with Crippen molar-refractivity contribution in [3.05, 3.63) is 66.5 Å². The highest BCUT2D eigenvalue weighted by Gasteiger charge is 2.55. The predicted octanol–water partition coefficient (Wildman–Crippen LogP) is 5.82. The molecule has 3 fully saturated rings. The first kappa shape index (κ1) is 23.1. The first-order chi connectivity index (χ1) is 18.5. The molecule has 8 heteroatoms. The summed E-state index contributed by atoms with van der Waals surface area (Å²) in [6.07, 6.45) is 11.6. The minimum absolute atomic E-state index is 0.178. The number of hydrogen-bond acceptors (Lipinski definition) is 5. The lowest BCUT2D eigenvalue weighted by molar-refractivity contribution is -0.127. The Morgan fingerprint density at radius 2 is 1.82 bits per heavy atom. The van der Waals surface area contributed by atoms with Crippen LogP contribution in [0.15, 0.2) is 60.9 Å². The normalized spacial score (nSPS) is 25.7. The zero-order valence-electron chi connectivity index (χ0n) is 21.1. The van der Waals surface area contributed by atoms with E-state index in [1.807, 2.05) is 30.3 Å². The maximum Gasteiger partial charge on any atom is 0.258 e. The number of nitrogens with zero attached hydrogens (tertiary/aromatic N) is 3. The third-order valence-electron chi connectivity index (χ3n) is 8.88. The molecule has 4 atom stereocenters. The standard InChI is InChI=1S/C30H30N6O2/c37-28(35-25-6-1-2-11-31-25)22-13-24-27(32-17-22)36-26(34-24)19-7-9-23(10-8-19)33-29(38)30-14-18-4-3-5-20(15-30)21(12-18)16-30/h1-2,6-11,13,17-18,20-21H,3-5,12,14-16H2,(H,33,38)(H,31,35,37)(H,32,34,36). The second kappa shape index (κ2) is 9.04. The minimum Gasteiger partial charge on any atom is -0.326 e. The quantitative estimate of drug-likeness (QED) is 0.316. The summed E-state index contributed by atoms with van der Waals surface area (Å²) in [6, 6.07) is 14.8. The molecular weight excluding hydrogens is 476 g/mol. The summed E-state index contributed by atoms with van der Waals surface area (Å²) >= 11 is 0. The number of fused-ring (bicyclic) bond motifs is 3. The van der Waals surface area contributed by atoms with E-state index in [2.05, 4.69) is 30.6 Å². The number of anilines is 2. The second-order valence-electron chi connectivity index (χ2n) is 11.3. The van der Waals surface area contributed by atoms with Crippen LogP contribution < -0.4 is 10.6 Å². The van der Waals surface area contributed by atoms with Crippen LogP contribution in [0.25, 0.3) is 22.6 Å². The van der Waals surface area contributed by atoms with Crippen LogP contribution in [-0.4, -0.2) is 31.8 Å². The molecule has 38 heavy (non-hydrogen) atoms. The van der Waals surface area contributed by atoms with E-state index in [1.54, 1.807) is 24.4 Å². The average molecular weight is 507 g/mol. The van der Waals surface area contributed by atoms with Crippen LogP contribution in [0.1, 0.15) is 55.3 Å². The number of imidazole rings is 1. The number of pyridine rings is 2. The Balaban J connectivity index is 1.06. The van der Waals surface area contributed by atoms with E-state index in [1.165, 1.54) is 31.9 Å². The van der Waals surface area contributed by atoms with Gasteiger partial charge in [-0.25, -0.2) is 15.0 Å². The first-order valence-electron chi connectivity index (χ1n) is 13.5. The monoisotopic (exact) mass is 506 g/mol. The molecule has 4 aromatic rings. The summed E-state index contributed by atoms with van der Waals surface area (Å²) in [5.41, 5.74) is 3.12. The smallest absolute Gasteiger partial charge is 0.258 e. The molecule has 3 aromatic heterocycles. The van der Waals surface area contributed by atoms with Gasteiger partial charge >= 0.3 is 0 Å². The number of H-pyrrole nitrogens is 1. The van der Waals surface area contributed by atoms with E-state index in [0.717, 1.165) is 48.3 Å². The average Bonchev–Trinajstić information content (AvgIpc) is 3.43. The number of carbonyl (C=O) groups is 2. The van der Waals surface area contributed by atoms with Crippen molar-refractivity contribution in [2.45, 2.75) is 44.9 Å². The van der Waals surface area contributed by atoms with Gasteiger partial charge in [-0.15, -0.1) is 0 Å². The Hall–Kier alpha value is -4.07. The van der Waals surface area contributed by atoms with Crippen LogP contribution in [0.5, 0.6) is 0 Å². The summed E-state index contributed by atoms with van der Waals surface area (Å²) in [4.78, 5) is 42.5. The van der Waals surface area contributed by atoms with Gasteiger partial charge in [-0.1, -0.05) is 25.3 Å². The van der Waals surface area contributed by atoms with Crippen molar-refractivity contribution in [1.82, 2.24) is 19.9 Å².